The molecule has 1 atom stereocenters. The van der Waals surface area contributed by atoms with Gasteiger partial charge in [-0.25, -0.2) is 0 Å². The lowest BCUT2D eigenvalue weighted by Gasteiger charge is -2.15. The molecule has 0 saturated heterocycles. The molecule has 0 aliphatic heterocycles. The monoisotopic (exact) mass is 380 g/mol. The molecule has 0 aliphatic carbocycles. The van der Waals surface area contributed by atoms with Crippen molar-refractivity contribution in [3.05, 3.63) is 60.3 Å². The third-order valence-electron chi connectivity index (χ3n) is 4.17. The number of aromatic nitrogens is 2. The van der Waals surface area contributed by atoms with E-state index in [9.17, 15) is 4.79 Å². The highest BCUT2D eigenvalue weighted by Gasteiger charge is 2.14. The van der Waals surface area contributed by atoms with Crippen LogP contribution in [0.4, 0.5) is 5.69 Å². The molecule has 1 aromatic heterocycles. The van der Waals surface area contributed by atoms with Crippen LogP contribution in [0.3, 0.4) is 0 Å². The summed E-state index contributed by atoms with van der Waals surface area (Å²) in [6, 6.07) is 14.3. The lowest BCUT2D eigenvalue weighted by atomic mass is 10.1. The summed E-state index contributed by atoms with van der Waals surface area (Å²) in [7, 11) is 3.42. The average Bonchev–Trinajstić information content (AvgIpc) is 3.12. The molecule has 0 bridgehead atoms. The molecule has 28 heavy (non-hydrogen) atoms. The molecule has 1 heterocycles. The summed E-state index contributed by atoms with van der Waals surface area (Å²) in [4.78, 5) is 12.6. The summed E-state index contributed by atoms with van der Waals surface area (Å²) in [6.07, 6.45) is 1.71. The quantitative estimate of drug-likeness (QED) is 0.657. The first-order chi connectivity index (χ1) is 13.5. The van der Waals surface area contributed by atoms with Gasteiger partial charge >= 0.3 is 0 Å². The number of nitrogens with zero attached hydrogens (tertiary/aromatic N) is 2. The highest BCUT2D eigenvalue weighted by atomic mass is 16.5. The molecule has 3 aromatic rings. The molecule has 3 rings (SSSR count). The van der Waals surface area contributed by atoms with E-state index < -0.39 is 0 Å². The van der Waals surface area contributed by atoms with E-state index in [4.69, 9.17) is 15.2 Å². The molecule has 0 fully saturated rings. The SMILES string of the molecule is COc1cccc(C(=O)Nc2ccc(OC[C@H](C)N)c(-c3ccnn3C)c2)c1. The van der Waals surface area contributed by atoms with Crippen LogP contribution in [0.5, 0.6) is 11.5 Å². The van der Waals surface area contributed by atoms with Gasteiger partial charge in [0.05, 0.1) is 12.8 Å². The Bertz CT molecular complexity index is 966. The Morgan fingerprint density at radius 1 is 1.25 bits per heavy atom. The molecular weight excluding hydrogens is 356 g/mol. The van der Waals surface area contributed by atoms with Crippen LogP contribution in [0.1, 0.15) is 17.3 Å². The van der Waals surface area contributed by atoms with Crippen LogP contribution in [0.25, 0.3) is 11.3 Å². The molecule has 0 aliphatic rings. The minimum absolute atomic E-state index is 0.0909. The summed E-state index contributed by atoms with van der Waals surface area (Å²) >= 11 is 0. The Labute approximate surface area is 164 Å². The maximum absolute atomic E-state index is 12.6. The summed E-state index contributed by atoms with van der Waals surface area (Å²) in [5.74, 6) is 1.09. The number of carbonyl (C=O) groups is 1. The second-order valence-corrected chi connectivity index (χ2v) is 6.53. The second-order valence-electron chi connectivity index (χ2n) is 6.53. The van der Waals surface area contributed by atoms with E-state index in [2.05, 4.69) is 10.4 Å². The number of hydrogen-bond acceptors (Lipinski definition) is 5. The number of nitrogens with two attached hydrogens (primary N) is 1. The van der Waals surface area contributed by atoms with Crippen molar-refractivity contribution in [3.8, 4) is 22.8 Å². The van der Waals surface area contributed by atoms with Crippen molar-refractivity contribution in [3.63, 3.8) is 0 Å². The molecule has 146 valence electrons. The Morgan fingerprint density at radius 2 is 2.07 bits per heavy atom. The van der Waals surface area contributed by atoms with Crippen LogP contribution in [-0.4, -0.2) is 35.4 Å². The first kappa shape index (κ1) is 19.4. The fraction of sp³-hybridized carbons (Fsp3) is 0.238. The molecule has 0 saturated carbocycles. The third kappa shape index (κ3) is 4.50. The Morgan fingerprint density at radius 3 is 2.75 bits per heavy atom. The van der Waals surface area contributed by atoms with Crippen LogP contribution in [0.15, 0.2) is 54.7 Å². The second kappa shape index (κ2) is 8.58. The average molecular weight is 380 g/mol. The maximum Gasteiger partial charge on any atom is 0.255 e. The van der Waals surface area contributed by atoms with Crippen LogP contribution in [0, 0.1) is 0 Å². The van der Waals surface area contributed by atoms with E-state index in [0.717, 1.165) is 11.3 Å². The summed E-state index contributed by atoms with van der Waals surface area (Å²) in [5.41, 5.74) is 8.67. The fourth-order valence-electron chi connectivity index (χ4n) is 2.76. The number of aryl methyl sites for hydroxylation is 1. The Hall–Kier alpha value is -3.32. The Kier molecular flexibility index (Phi) is 5.96. The predicted octanol–water partition coefficient (Wildman–Crippen LogP) is 3.07. The van der Waals surface area contributed by atoms with Crippen molar-refractivity contribution in [2.45, 2.75) is 13.0 Å². The number of anilines is 1. The number of methoxy groups -OCH3 is 1. The van der Waals surface area contributed by atoms with Crippen molar-refractivity contribution in [2.24, 2.45) is 12.8 Å². The molecule has 2 aromatic carbocycles. The molecule has 0 radical (unpaired) electrons. The van der Waals surface area contributed by atoms with Gasteiger partial charge in [-0.05, 0) is 49.4 Å². The molecular formula is C21H24N4O3. The lowest BCUT2D eigenvalue weighted by Crippen LogP contribution is -2.23. The number of rotatable bonds is 7. The van der Waals surface area contributed by atoms with Crippen molar-refractivity contribution in [1.29, 1.82) is 0 Å². The Balaban J connectivity index is 1.89. The van der Waals surface area contributed by atoms with Crippen LogP contribution in [-0.2, 0) is 7.05 Å². The van der Waals surface area contributed by atoms with E-state index in [1.165, 1.54) is 0 Å². The topological polar surface area (TPSA) is 91.4 Å². The van der Waals surface area contributed by atoms with Gasteiger partial charge in [-0.15, -0.1) is 0 Å². The van der Waals surface area contributed by atoms with Gasteiger partial charge in [-0.1, -0.05) is 6.07 Å². The highest BCUT2D eigenvalue weighted by Crippen LogP contribution is 2.32. The van der Waals surface area contributed by atoms with Crippen LogP contribution in [0.2, 0.25) is 0 Å². The van der Waals surface area contributed by atoms with Crippen molar-refractivity contribution < 1.29 is 14.3 Å². The van der Waals surface area contributed by atoms with E-state index in [0.29, 0.717) is 29.4 Å². The predicted molar refractivity (Wildman–Crippen MR) is 109 cm³/mol. The van der Waals surface area contributed by atoms with E-state index in [1.54, 1.807) is 48.3 Å². The fourth-order valence-corrected chi connectivity index (χ4v) is 2.76. The number of hydrogen-bond donors (Lipinski definition) is 2. The van der Waals surface area contributed by atoms with Gasteiger partial charge in [0.25, 0.3) is 5.91 Å². The van der Waals surface area contributed by atoms with Gasteiger partial charge in [-0.3, -0.25) is 9.48 Å². The summed E-state index contributed by atoms with van der Waals surface area (Å²) < 4.78 is 12.8. The van der Waals surface area contributed by atoms with Gasteiger partial charge in [0.15, 0.2) is 0 Å². The number of benzene rings is 2. The minimum Gasteiger partial charge on any atom is -0.497 e. The molecule has 7 heteroatoms. The highest BCUT2D eigenvalue weighted by molar-refractivity contribution is 6.04. The van der Waals surface area contributed by atoms with Gasteiger partial charge in [0.2, 0.25) is 0 Å². The number of carbonyl (C=O) groups excluding carboxylic acids is 1. The van der Waals surface area contributed by atoms with E-state index >= 15 is 0 Å². The molecule has 1 amide bonds. The van der Waals surface area contributed by atoms with Crippen LogP contribution >= 0.6 is 0 Å². The normalized spacial score (nSPS) is 11.7. The number of ether oxygens (including phenoxy) is 2. The zero-order valence-corrected chi connectivity index (χ0v) is 16.2. The van der Waals surface area contributed by atoms with Crippen molar-refractivity contribution in [2.75, 3.05) is 19.0 Å². The van der Waals surface area contributed by atoms with Gasteiger partial charge in [0.1, 0.15) is 18.1 Å². The zero-order chi connectivity index (χ0) is 20.1. The third-order valence-corrected chi connectivity index (χ3v) is 4.17. The summed E-state index contributed by atoms with van der Waals surface area (Å²) in [6.45, 7) is 2.27. The first-order valence-electron chi connectivity index (χ1n) is 8.94. The van der Waals surface area contributed by atoms with Gasteiger partial charge in [-0.2, -0.15) is 5.10 Å². The molecule has 0 unspecified atom stereocenters. The number of nitrogens with one attached hydrogen (secondary N) is 1. The van der Waals surface area contributed by atoms with E-state index in [-0.39, 0.29) is 11.9 Å². The molecule has 7 nitrogen and oxygen atoms in total. The molecule has 0 spiro atoms. The first-order valence-corrected chi connectivity index (χ1v) is 8.94. The van der Waals surface area contributed by atoms with Crippen molar-refractivity contribution >= 4 is 11.6 Å². The standard InChI is InChI=1S/C21H24N4O3/c1-14(22)13-28-20-8-7-16(12-18(20)19-9-10-23-25(19)2)24-21(26)15-5-4-6-17(11-15)27-3/h4-12,14H,13,22H2,1-3H3,(H,24,26)/t14-/m0/s1. The molecule has 3 N–H and O–H groups in total. The van der Waals surface area contributed by atoms with E-state index in [1.807, 2.05) is 32.2 Å². The minimum atomic E-state index is -0.223. The van der Waals surface area contributed by atoms with Crippen LogP contribution < -0.4 is 20.5 Å². The smallest absolute Gasteiger partial charge is 0.255 e. The van der Waals surface area contributed by atoms with Gasteiger partial charge < -0.3 is 20.5 Å². The summed E-state index contributed by atoms with van der Waals surface area (Å²) in [5, 5.41) is 7.14. The van der Waals surface area contributed by atoms with Gasteiger partial charge in [0, 0.05) is 36.1 Å². The maximum atomic E-state index is 12.6. The zero-order valence-electron chi connectivity index (χ0n) is 16.2. The van der Waals surface area contributed by atoms with Crippen molar-refractivity contribution in [1.82, 2.24) is 9.78 Å². The largest absolute Gasteiger partial charge is 0.497 e. The lowest BCUT2D eigenvalue weighted by molar-refractivity contribution is 0.102. The number of amides is 1.